The number of amides is 1. The first-order valence-electron chi connectivity index (χ1n) is 6.41. The van der Waals surface area contributed by atoms with Gasteiger partial charge in [0.1, 0.15) is 5.75 Å². The van der Waals surface area contributed by atoms with Crippen LogP contribution in [0.4, 0.5) is 11.4 Å². The second-order valence-electron chi connectivity index (χ2n) is 4.61. The number of hydrogen-bond acceptors (Lipinski definition) is 4. The smallest absolute Gasteiger partial charge is 0.257 e. The molecule has 1 amide bonds. The molecule has 0 bridgehead atoms. The third kappa shape index (κ3) is 4.23. The third-order valence-corrected chi connectivity index (χ3v) is 3.39. The standard InChI is InChI=1S/C15H16N2O4S/c1-21-12-8-9-13(14(10-12)17-22(2,19)20)15(18)16-11-6-4-3-5-7-11/h3-10,17H,1-2H3,(H,16,18). The van der Waals surface area contributed by atoms with E-state index in [1.165, 1.54) is 19.2 Å². The van der Waals surface area contributed by atoms with Crippen LogP contribution < -0.4 is 14.8 Å². The number of benzene rings is 2. The number of sulfonamides is 1. The van der Waals surface area contributed by atoms with Gasteiger partial charge in [-0.2, -0.15) is 0 Å². The Kier molecular flexibility index (Phi) is 4.67. The van der Waals surface area contributed by atoms with Crippen molar-refractivity contribution < 1.29 is 17.9 Å². The molecule has 0 aromatic heterocycles. The maximum atomic E-state index is 12.3. The summed E-state index contributed by atoms with van der Waals surface area (Å²) in [5.41, 5.74) is 0.985. The number of nitrogens with one attached hydrogen (secondary N) is 2. The average Bonchev–Trinajstić information content (AvgIpc) is 2.46. The Bertz CT molecular complexity index is 773. The first-order chi connectivity index (χ1) is 10.4. The van der Waals surface area contributed by atoms with E-state index in [-0.39, 0.29) is 11.3 Å². The van der Waals surface area contributed by atoms with Crippen LogP contribution in [0.25, 0.3) is 0 Å². The fraction of sp³-hybridized carbons (Fsp3) is 0.133. The zero-order chi connectivity index (χ0) is 16.2. The molecule has 0 fully saturated rings. The Morgan fingerprint density at radius 1 is 1.09 bits per heavy atom. The van der Waals surface area contributed by atoms with Crippen LogP contribution in [0.1, 0.15) is 10.4 Å². The number of ether oxygens (including phenoxy) is 1. The largest absolute Gasteiger partial charge is 0.497 e. The minimum Gasteiger partial charge on any atom is -0.497 e. The van der Waals surface area contributed by atoms with E-state index >= 15 is 0 Å². The number of rotatable bonds is 5. The summed E-state index contributed by atoms with van der Waals surface area (Å²) in [5.74, 6) is 0.0300. The Labute approximate surface area is 129 Å². The molecule has 0 spiro atoms. The average molecular weight is 320 g/mol. The van der Waals surface area contributed by atoms with Gasteiger partial charge in [0, 0.05) is 11.8 Å². The fourth-order valence-corrected chi connectivity index (χ4v) is 2.42. The molecule has 0 saturated carbocycles. The number of carbonyl (C=O) groups excluding carboxylic acids is 1. The number of hydrogen-bond donors (Lipinski definition) is 2. The lowest BCUT2D eigenvalue weighted by Crippen LogP contribution is -2.17. The molecule has 0 aliphatic carbocycles. The summed E-state index contributed by atoms with van der Waals surface area (Å²) < 4.78 is 30.3. The molecule has 116 valence electrons. The summed E-state index contributed by atoms with van der Waals surface area (Å²) in [5, 5.41) is 2.71. The normalized spacial score (nSPS) is 10.8. The molecule has 2 N–H and O–H groups in total. The van der Waals surface area contributed by atoms with Gasteiger partial charge >= 0.3 is 0 Å². The highest BCUT2D eigenvalue weighted by atomic mass is 32.2. The first-order valence-corrected chi connectivity index (χ1v) is 8.30. The molecular weight excluding hydrogens is 304 g/mol. The van der Waals surface area contributed by atoms with Gasteiger partial charge in [-0.3, -0.25) is 9.52 Å². The third-order valence-electron chi connectivity index (χ3n) is 2.80. The van der Waals surface area contributed by atoms with Crippen LogP contribution >= 0.6 is 0 Å². The number of anilines is 2. The summed E-state index contributed by atoms with van der Waals surface area (Å²) in [6.07, 6.45) is 1.02. The lowest BCUT2D eigenvalue weighted by molar-refractivity contribution is 0.102. The lowest BCUT2D eigenvalue weighted by atomic mass is 10.1. The Morgan fingerprint density at radius 3 is 2.36 bits per heavy atom. The van der Waals surface area contributed by atoms with Gasteiger partial charge < -0.3 is 10.1 Å². The van der Waals surface area contributed by atoms with E-state index in [4.69, 9.17) is 4.74 Å². The van der Waals surface area contributed by atoms with E-state index in [1.54, 1.807) is 30.3 Å². The van der Waals surface area contributed by atoms with Crippen molar-refractivity contribution in [2.24, 2.45) is 0 Å². The predicted octanol–water partition coefficient (Wildman–Crippen LogP) is 2.32. The highest BCUT2D eigenvalue weighted by Gasteiger charge is 2.15. The molecule has 0 unspecified atom stereocenters. The van der Waals surface area contributed by atoms with Gasteiger partial charge in [0.25, 0.3) is 5.91 Å². The number of methoxy groups -OCH3 is 1. The van der Waals surface area contributed by atoms with Gasteiger partial charge in [-0.05, 0) is 24.3 Å². The summed E-state index contributed by atoms with van der Waals surface area (Å²) in [6.45, 7) is 0. The van der Waals surface area contributed by atoms with Crippen LogP contribution in [0, 0.1) is 0 Å². The molecule has 2 aromatic carbocycles. The SMILES string of the molecule is COc1ccc(C(=O)Nc2ccccc2)c(NS(C)(=O)=O)c1. The van der Waals surface area contributed by atoms with Crippen LogP contribution in [0.5, 0.6) is 5.75 Å². The minimum absolute atomic E-state index is 0.162. The first kappa shape index (κ1) is 15.8. The molecule has 2 rings (SSSR count). The van der Waals surface area contributed by atoms with Gasteiger partial charge in [0.15, 0.2) is 0 Å². The molecule has 0 aliphatic heterocycles. The molecule has 6 nitrogen and oxygen atoms in total. The van der Waals surface area contributed by atoms with Crippen LogP contribution in [0.15, 0.2) is 48.5 Å². The summed E-state index contributed by atoms with van der Waals surface area (Å²) in [4.78, 5) is 12.3. The molecular formula is C15H16N2O4S. The zero-order valence-corrected chi connectivity index (χ0v) is 13.0. The molecule has 0 saturated heterocycles. The molecule has 0 radical (unpaired) electrons. The van der Waals surface area contributed by atoms with E-state index < -0.39 is 15.9 Å². The highest BCUT2D eigenvalue weighted by molar-refractivity contribution is 7.92. The molecule has 0 atom stereocenters. The van der Waals surface area contributed by atoms with Crippen molar-refractivity contribution in [1.29, 1.82) is 0 Å². The monoisotopic (exact) mass is 320 g/mol. The summed E-state index contributed by atoms with van der Waals surface area (Å²) in [7, 11) is -2.06. The zero-order valence-electron chi connectivity index (χ0n) is 12.2. The predicted molar refractivity (Wildman–Crippen MR) is 85.9 cm³/mol. The van der Waals surface area contributed by atoms with Crippen LogP contribution in [-0.2, 0) is 10.0 Å². The van der Waals surface area contributed by atoms with E-state index in [1.807, 2.05) is 6.07 Å². The summed E-state index contributed by atoms with van der Waals surface area (Å²) >= 11 is 0. The molecule has 0 aliphatic rings. The maximum Gasteiger partial charge on any atom is 0.257 e. The Balaban J connectivity index is 2.34. The molecule has 7 heteroatoms. The van der Waals surface area contributed by atoms with Crippen molar-refractivity contribution in [3.8, 4) is 5.75 Å². The van der Waals surface area contributed by atoms with E-state index in [0.717, 1.165) is 6.26 Å². The van der Waals surface area contributed by atoms with Crippen molar-refractivity contribution in [3.05, 3.63) is 54.1 Å². The van der Waals surface area contributed by atoms with Gasteiger partial charge in [-0.25, -0.2) is 8.42 Å². The minimum atomic E-state index is -3.52. The molecule has 2 aromatic rings. The van der Waals surface area contributed by atoms with Crippen LogP contribution in [-0.4, -0.2) is 27.7 Å². The van der Waals surface area contributed by atoms with Crippen LogP contribution in [0.2, 0.25) is 0 Å². The fourth-order valence-electron chi connectivity index (χ4n) is 1.85. The van der Waals surface area contributed by atoms with E-state index in [2.05, 4.69) is 10.0 Å². The second kappa shape index (κ2) is 6.48. The Hall–Kier alpha value is -2.54. The second-order valence-corrected chi connectivity index (χ2v) is 6.35. The topological polar surface area (TPSA) is 84.5 Å². The van der Waals surface area contributed by atoms with E-state index in [9.17, 15) is 13.2 Å². The maximum absolute atomic E-state index is 12.3. The van der Waals surface area contributed by atoms with Gasteiger partial charge in [0.2, 0.25) is 10.0 Å². The van der Waals surface area contributed by atoms with Crippen LogP contribution in [0.3, 0.4) is 0 Å². The van der Waals surface area contributed by atoms with Gasteiger partial charge in [0.05, 0.1) is 24.6 Å². The Morgan fingerprint density at radius 2 is 1.77 bits per heavy atom. The van der Waals surface area contributed by atoms with E-state index in [0.29, 0.717) is 11.4 Å². The quantitative estimate of drug-likeness (QED) is 0.885. The van der Waals surface area contributed by atoms with Crippen molar-refractivity contribution in [3.63, 3.8) is 0 Å². The number of para-hydroxylation sites is 1. The van der Waals surface area contributed by atoms with Gasteiger partial charge in [-0.15, -0.1) is 0 Å². The highest BCUT2D eigenvalue weighted by Crippen LogP contribution is 2.24. The summed E-state index contributed by atoms with van der Waals surface area (Å²) in [6, 6.07) is 13.5. The van der Waals surface area contributed by atoms with Crippen molar-refractivity contribution >= 4 is 27.3 Å². The number of carbonyl (C=O) groups is 1. The lowest BCUT2D eigenvalue weighted by Gasteiger charge is -2.12. The van der Waals surface area contributed by atoms with Crippen molar-refractivity contribution in [2.75, 3.05) is 23.4 Å². The van der Waals surface area contributed by atoms with Gasteiger partial charge in [-0.1, -0.05) is 18.2 Å². The van der Waals surface area contributed by atoms with Crippen molar-refractivity contribution in [2.45, 2.75) is 0 Å². The molecule has 22 heavy (non-hydrogen) atoms. The molecule has 0 heterocycles. The van der Waals surface area contributed by atoms with Crippen molar-refractivity contribution in [1.82, 2.24) is 0 Å².